The maximum Gasteiger partial charge on any atom is 0.191 e. The largest absolute Gasteiger partial charge is 0.374 e. The van der Waals surface area contributed by atoms with Crippen LogP contribution in [-0.4, -0.2) is 87.4 Å². The summed E-state index contributed by atoms with van der Waals surface area (Å²) in [6.45, 7) is 18.6. The highest BCUT2D eigenvalue weighted by Gasteiger charge is 2.20. The van der Waals surface area contributed by atoms with Crippen LogP contribution in [0, 0.1) is 5.92 Å². The van der Waals surface area contributed by atoms with Crippen LogP contribution in [0.5, 0.6) is 0 Å². The van der Waals surface area contributed by atoms with Gasteiger partial charge in [0.25, 0.3) is 0 Å². The van der Waals surface area contributed by atoms with Crippen molar-refractivity contribution < 1.29 is 4.74 Å². The molecule has 1 heterocycles. The van der Waals surface area contributed by atoms with E-state index in [9.17, 15) is 0 Å². The van der Waals surface area contributed by atoms with Crippen molar-refractivity contribution in [1.29, 1.82) is 0 Å². The van der Waals surface area contributed by atoms with Crippen molar-refractivity contribution in [2.75, 3.05) is 59.5 Å². The third-order valence-electron chi connectivity index (χ3n) is 4.74. The molecule has 1 fully saturated rings. The first kappa shape index (κ1) is 22.2. The van der Waals surface area contributed by atoms with Crippen LogP contribution >= 0.6 is 0 Å². The second kappa shape index (κ2) is 12.5. The Morgan fingerprint density at radius 2 is 2.04 bits per heavy atom. The van der Waals surface area contributed by atoms with Crippen molar-refractivity contribution in [2.45, 2.75) is 53.2 Å². The van der Waals surface area contributed by atoms with E-state index in [2.05, 4.69) is 62.1 Å². The van der Waals surface area contributed by atoms with Crippen LogP contribution in [0.3, 0.4) is 0 Å². The van der Waals surface area contributed by atoms with E-state index >= 15 is 0 Å². The van der Waals surface area contributed by atoms with Crippen LogP contribution in [0.2, 0.25) is 0 Å². The van der Waals surface area contributed by atoms with E-state index in [1.807, 2.05) is 0 Å². The summed E-state index contributed by atoms with van der Waals surface area (Å²) in [6.07, 6.45) is 1.38. The molecule has 2 atom stereocenters. The lowest BCUT2D eigenvalue weighted by molar-refractivity contribution is -0.0261. The molecule has 0 aromatic carbocycles. The van der Waals surface area contributed by atoms with Gasteiger partial charge in [-0.2, -0.15) is 0 Å². The number of rotatable bonds is 10. The van der Waals surface area contributed by atoms with Gasteiger partial charge in [0.2, 0.25) is 0 Å². The zero-order valence-electron chi connectivity index (χ0n) is 17.3. The summed E-state index contributed by atoms with van der Waals surface area (Å²) in [5.41, 5.74) is 0. The molecular formula is C19H41N5O. The van der Waals surface area contributed by atoms with E-state index in [0.717, 1.165) is 51.8 Å². The smallest absolute Gasteiger partial charge is 0.191 e. The number of nitrogens with zero attached hydrogens (tertiary/aromatic N) is 3. The molecule has 2 unspecified atom stereocenters. The highest BCUT2D eigenvalue weighted by molar-refractivity contribution is 5.79. The van der Waals surface area contributed by atoms with Gasteiger partial charge < -0.3 is 20.3 Å². The van der Waals surface area contributed by atoms with Gasteiger partial charge in [-0.3, -0.25) is 9.89 Å². The molecule has 6 nitrogen and oxygen atoms in total. The molecule has 1 saturated heterocycles. The normalized spacial score (nSPS) is 21.0. The van der Waals surface area contributed by atoms with Gasteiger partial charge in [0.15, 0.2) is 5.96 Å². The molecule has 0 aromatic heterocycles. The summed E-state index contributed by atoms with van der Waals surface area (Å²) in [5.74, 6) is 1.59. The molecule has 0 aromatic rings. The number of guanidine groups is 1. The lowest BCUT2D eigenvalue weighted by atomic mass is 10.2. The van der Waals surface area contributed by atoms with Crippen molar-refractivity contribution in [3.63, 3.8) is 0 Å². The fraction of sp³-hybridized carbons (Fsp3) is 0.947. The van der Waals surface area contributed by atoms with E-state index in [4.69, 9.17) is 9.73 Å². The van der Waals surface area contributed by atoms with Gasteiger partial charge >= 0.3 is 0 Å². The Morgan fingerprint density at radius 3 is 2.68 bits per heavy atom. The summed E-state index contributed by atoms with van der Waals surface area (Å²) in [4.78, 5) is 9.61. The Balaban J connectivity index is 2.41. The van der Waals surface area contributed by atoms with Gasteiger partial charge in [0.1, 0.15) is 0 Å². The molecule has 1 aliphatic heterocycles. The summed E-state index contributed by atoms with van der Waals surface area (Å²) in [7, 11) is 2.18. The Labute approximate surface area is 155 Å². The average Bonchev–Trinajstić information content (AvgIpc) is 2.58. The topological polar surface area (TPSA) is 52.1 Å². The SMILES string of the molecule is CCNC(=NCC1CN(CC(C)C)CCO1)NCCN(C)C(C)CC. The van der Waals surface area contributed by atoms with Crippen LogP contribution in [-0.2, 0) is 4.74 Å². The summed E-state index contributed by atoms with van der Waals surface area (Å²) in [5, 5.41) is 6.78. The van der Waals surface area contributed by atoms with E-state index < -0.39 is 0 Å². The Hall–Kier alpha value is -0.850. The van der Waals surface area contributed by atoms with E-state index in [-0.39, 0.29) is 6.10 Å². The molecule has 0 radical (unpaired) electrons. The second-order valence-electron chi connectivity index (χ2n) is 7.53. The molecule has 0 saturated carbocycles. The standard InChI is InChI=1S/C19H41N5O/c1-7-17(5)23(6)10-9-21-19(20-8-2)22-13-18-15-24(11-12-25-18)14-16(3)4/h16-18H,7-15H2,1-6H3,(H2,20,21,22). The molecule has 6 heteroatoms. The average molecular weight is 356 g/mol. The third-order valence-corrected chi connectivity index (χ3v) is 4.74. The fourth-order valence-electron chi connectivity index (χ4n) is 2.99. The van der Waals surface area contributed by atoms with Gasteiger partial charge in [-0.05, 0) is 33.2 Å². The molecule has 1 rings (SSSR count). The van der Waals surface area contributed by atoms with Crippen molar-refractivity contribution in [3.8, 4) is 0 Å². The minimum atomic E-state index is 0.200. The quantitative estimate of drug-likeness (QED) is 0.461. The molecule has 0 bridgehead atoms. The number of aliphatic imine (C=N–C) groups is 1. The molecular weight excluding hydrogens is 314 g/mol. The minimum absolute atomic E-state index is 0.200. The van der Waals surface area contributed by atoms with Crippen LogP contribution in [0.25, 0.3) is 0 Å². The Morgan fingerprint density at radius 1 is 1.28 bits per heavy atom. The van der Waals surface area contributed by atoms with Gasteiger partial charge in [-0.25, -0.2) is 0 Å². The molecule has 1 aliphatic rings. The maximum atomic E-state index is 5.89. The first-order valence-electron chi connectivity index (χ1n) is 10.0. The first-order chi connectivity index (χ1) is 12.0. The number of likely N-dealkylation sites (N-methyl/N-ethyl adjacent to an activating group) is 1. The minimum Gasteiger partial charge on any atom is -0.374 e. The lowest BCUT2D eigenvalue weighted by Gasteiger charge is -2.33. The summed E-state index contributed by atoms with van der Waals surface area (Å²) >= 11 is 0. The van der Waals surface area contributed by atoms with E-state index in [0.29, 0.717) is 18.5 Å². The number of morpholine rings is 1. The lowest BCUT2D eigenvalue weighted by Crippen LogP contribution is -2.46. The second-order valence-corrected chi connectivity index (χ2v) is 7.53. The van der Waals surface area contributed by atoms with Crippen LogP contribution in [0.4, 0.5) is 0 Å². The van der Waals surface area contributed by atoms with Crippen molar-refractivity contribution in [1.82, 2.24) is 20.4 Å². The molecule has 0 aliphatic carbocycles. The van der Waals surface area contributed by atoms with Gasteiger partial charge in [0.05, 0.1) is 19.3 Å². The molecule has 148 valence electrons. The predicted octanol–water partition coefficient (Wildman–Crippen LogP) is 1.63. The zero-order valence-corrected chi connectivity index (χ0v) is 17.3. The molecule has 0 amide bonds. The number of hydrogen-bond donors (Lipinski definition) is 2. The maximum absolute atomic E-state index is 5.89. The van der Waals surface area contributed by atoms with Crippen LogP contribution < -0.4 is 10.6 Å². The highest BCUT2D eigenvalue weighted by atomic mass is 16.5. The third kappa shape index (κ3) is 9.42. The van der Waals surface area contributed by atoms with Gasteiger partial charge in [-0.1, -0.05) is 20.8 Å². The monoisotopic (exact) mass is 355 g/mol. The predicted molar refractivity (Wildman–Crippen MR) is 107 cm³/mol. The summed E-state index contributed by atoms with van der Waals surface area (Å²) in [6, 6.07) is 0.615. The number of hydrogen-bond acceptors (Lipinski definition) is 4. The van der Waals surface area contributed by atoms with Crippen LogP contribution in [0.15, 0.2) is 4.99 Å². The zero-order chi connectivity index (χ0) is 18.7. The van der Waals surface area contributed by atoms with Gasteiger partial charge in [-0.15, -0.1) is 0 Å². The van der Waals surface area contributed by atoms with Crippen molar-refractivity contribution in [2.24, 2.45) is 10.9 Å². The fourth-order valence-corrected chi connectivity index (χ4v) is 2.99. The van der Waals surface area contributed by atoms with Gasteiger partial charge in [0, 0.05) is 45.3 Å². The van der Waals surface area contributed by atoms with Crippen molar-refractivity contribution >= 4 is 5.96 Å². The molecule has 25 heavy (non-hydrogen) atoms. The molecule has 0 spiro atoms. The van der Waals surface area contributed by atoms with E-state index in [1.165, 1.54) is 6.42 Å². The van der Waals surface area contributed by atoms with E-state index in [1.54, 1.807) is 0 Å². The molecule has 2 N–H and O–H groups in total. The number of nitrogens with one attached hydrogen (secondary N) is 2. The summed E-state index contributed by atoms with van der Waals surface area (Å²) < 4.78 is 5.89. The van der Waals surface area contributed by atoms with Crippen LogP contribution in [0.1, 0.15) is 41.0 Å². The highest BCUT2D eigenvalue weighted by Crippen LogP contribution is 2.08. The Bertz CT molecular complexity index is 375. The number of ether oxygens (including phenoxy) is 1. The first-order valence-corrected chi connectivity index (χ1v) is 10.0. The Kier molecular flexibility index (Phi) is 11.1. The van der Waals surface area contributed by atoms with Crippen molar-refractivity contribution in [3.05, 3.63) is 0 Å².